The van der Waals surface area contributed by atoms with Crippen LogP contribution in [0.4, 0.5) is 0 Å². The number of aliphatic hydroxyl groups excluding tert-OH is 1. The second-order valence-electron chi connectivity index (χ2n) is 7.86. The van der Waals surface area contributed by atoms with E-state index in [1.54, 1.807) is 6.08 Å². The van der Waals surface area contributed by atoms with Gasteiger partial charge in [-0.3, -0.25) is 4.79 Å². The average Bonchev–Trinajstić information content (AvgIpc) is 2.72. The van der Waals surface area contributed by atoms with Gasteiger partial charge in [0.2, 0.25) is 0 Å². The first-order chi connectivity index (χ1) is 13.7. The smallest absolute Gasteiger partial charge is 0.254 e. The number of amides is 1. The second kappa shape index (κ2) is 6.55. The number of piperidine rings is 1. The molecule has 2 heterocycles. The summed E-state index contributed by atoms with van der Waals surface area (Å²) in [5, 5.41) is 14.0. The third kappa shape index (κ3) is 2.63. The molecule has 0 spiro atoms. The molecule has 0 radical (unpaired) electrons. The number of hydrogen-bond donors (Lipinski definition) is 2. The Morgan fingerprint density at radius 1 is 1.11 bits per heavy atom. The molecule has 0 aromatic heterocycles. The molecule has 2 aromatic carbocycles. The first kappa shape index (κ1) is 17.1. The minimum atomic E-state index is -0.652. The van der Waals surface area contributed by atoms with E-state index in [9.17, 15) is 9.90 Å². The number of carbonyl (C=O) groups is 1. The van der Waals surface area contributed by atoms with Crippen LogP contribution in [0.25, 0.3) is 6.08 Å². The van der Waals surface area contributed by atoms with E-state index in [-0.39, 0.29) is 23.5 Å². The van der Waals surface area contributed by atoms with Gasteiger partial charge in [0.25, 0.3) is 5.91 Å². The zero-order chi connectivity index (χ0) is 19.1. The lowest BCUT2D eigenvalue weighted by molar-refractivity contribution is -0.140. The van der Waals surface area contributed by atoms with E-state index >= 15 is 0 Å². The second-order valence-corrected chi connectivity index (χ2v) is 7.86. The predicted octanol–water partition coefficient (Wildman–Crippen LogP) is 4.70. The normalized spacial score (nSPS) is 30.1. The summed E-state index contributed by atoms with van der Waals surface area (Å²) in [4.78, 5) is 13.1. The molecule has 142 valence electrons. The zero-order valence-corrected chi connectivity index (χ0v) is 15.6. The number of para-hydroxylation sites is 1. The Hall–Kier alpha value is -3.01. The fourth-order valence-corrected chi connectivity index (χ4v) is 5.02. The van der Waals surface area contributed by atoms with Gasteiger partial charge in [-0.2, -0.15) is 0 Å². The van der Waals surface area contributed by atoms with E-state index in [0.717, 1.165) is 42.6 Å². The number of fused-ring (bicyclic) bond motifs is 2. The van der Waals surface area contributed by atoms with Gasteiger partial charge in [-0.05, 0) is 30.5 Å². The average molecular weight is 373 g/mol. The third-order valence-electron chi connectivity index (χ3n) is 6.25. The van der Waals surface area contributed by atoms with Crippen LogP contribution >= 0.6 is 0 Å². The number of hydrogen-bond acceptors (Lipinski definition) is 3. The molecular weight excluding hydrogens is 350 g/mol. The number of carbonyl (C=O) groups excluding carboxylic acids is 1. The SMILES string of the molecule is O=C1NC23CCCCC2C(/C1=C(O)\C=C\c1ccccc1)c1ccccc1O3. The molecule has 4 nitrogen and oxygen atoms in total. The molecule has 1 aliphatic carbocycles. The quantitative estimate of drug-likeness (QED) is 0.592. The molecule has 2 bridgehead atoms. The number of aliphatic hydroxyl groups is 1. The molecule has 1 saturated carbocycles. The Morgan fingerprint density at radius 3 is 2.75 bits per heavy atom. The van der Waals surface area contributed by atoms with Crippen LogP contribution in [-0.2, 0) is 4.79 Å². The molecule has 1 amide bonds. The monoisotopic (exact) mass is 373 g/mol. The van der Waals surface area contributed by atoms with Crippen LogP contribution in [0.1, 0.15) is 42.7 Å². The van der Waals surface area contributed by atoms with Gasteiger partial charge in [-0.1, -0.05) is 61.0 Å². The van der Waals surface area contributed by atoms with E-state index in [1.807, 2.05) is 60.7 Å². The van der Waals surface area contributed by atoms with Crippen molar-refractivity contribution in [2.24, 2.45) is 5.92 Å². The Labute approximate surface area is 164 Å². The van der Waals surface area contributed by atoms with Gasteiger partial charge in [0, 0.05) is 23.8 Å². The molecule has 3 aliphatic rings. The van der Waals surface area contributed by atoms with Crippen LogP contribution in [0.2, 0.25) is 0 Å². The van der Waals surface area contributed by atoms with E-state index in [4.69, 9.17) is 4.74 Å². The highest BCUT2D eigenvalue weighted by Crippen LogP contribution is 2.55. The largest absolute Gasteiger partial charge is 0.507 e. The molecule has 1 saturated heterocycles. The molecule has 2 N–H and O–H groups in total. The molecule has 5 rings (SSSR count). The Bertz CT molecular complexity index is 978. The highest BCUT2D eigenvalue weighted by atomic mass is 16.5. The van der Waals surface area contributed by atoms with Crippen molar-refractivity contribution in [3.63, 3.8) is 0 Å². The van der Waals surface area contributed by atoms with Gasteiger partial charge in [-0.25, -0.2) is 0 Å². The van der Waals surface area contributed by atoms with Gasteiger partial charge < -0.3 is 15.2 Å². The summed E-state index contributed by atoms with van der Waals surface area (Å²) in [6, 6.07) is 17.7. The Morgan fingerprint density at radius 2 is 1.89 bits per heavy atom. The van der Waals surface area contributed by atoms with Crippen LogP contribution in [0.15, 0.2) is 72.0 Å². The molecule has 4 heteroatoms. The fourth-order valence-electron chi connectivity index (χ4n) is 5.02. The summed E-state index contributed by atoms with van der Waals surface area (Å²) < 4.78 is 6.37. The summed E-state index contributed by atoms with van der Waals surface area (Å²) in [6.07, 6.45) is 7.39. The number of benzene rings is 2. The predicted molar refractivity (Wildman–Crippen MR) is 108 cm³/mol. The minimum absolute atomic E-state index is 0.0298. The van der Waals surface area contributed by atoms with Crippen molar-refractivity contribution < 1.29 is 14.6 Å². The van der Waals surface area contributed by atoms with Crippen molar-refractivity contribution in [2.75, 3.05) is 0 Å². The van der Waals surface area contributed by atoms with Crippen molar-refractivity contribution in [1.29, 1.82) is 0 Å². The zero-order valence-electron chi connectivity index (χ0n) is 15.6. The lowest BCUT2D eigenvalue weighted by Gasteiger charge is -2.54. The van der Waals surface area contributed by atoms with Gasteiger partial charge in [0.15, 0.2) is 5.72 Å². The molecule has 3 atom stereocenters. The lowest BCUT2D eigenvalue weighted by atomic mass is 9.64. The molecular formula is C24H23NO3. The van der Waals surface area contributed by atoms with E-state index in [1.165, 1.54) is 0 Å². The van der Waals surface area contributed by atoms with Crippen LogP contribution in [0.3, 0.4) is 0 Å². The van der Waals surface area contributed by atoms with Crippen molar-refractivity contribution in [2.45, 2.75) is 37.3 Å². The molecule has 3 unspecified atom stereocenters. The fraction of sp³-hybridized carbons (Fsp3) is 0.292. The maximum Gasteiger partial charge on any atom is 0.254 e. The summed E-state index contributed by atoms with van der Waals surface area (Å²) in [5.74, 6) is 0.591. The summed E-state index contributed by atoms with van der Waals surface area (Å²) >= 11 is 0. The first-order valence-corrected chi connectivity index (χ1v) is 9.95. The summed E-state index contributed by atoms with van der Waals surface area (Å²) in [7, 11) is 0. The van der Waals surface area contributed by atoms with Crippen LogP contribution in [0, 0.1) is 5.92 Å². The standard InChI is InChI=1S/C24H23NO3/c26-19(14-13-16-8-2-1-3-9-16)22-21-17-10-4-5-12-20(17)28-24(25-23(22)27)15-7-6-11-18(21)24/h1-5,8-10,12-14,18,21,26H,6-7,11,15H2,(H,25,27)/b14-13+,22-19-. The molecule has 2 fully saturated rings. The minimum Gasteiger partial charge on any atom is -0.507 e. The van der Waals surface area contributed by atoms with E-state index in [0.29, 0.717) is 5.57 Å². The van der Waals surface area contributed by atoms with E-state index < -0.39 is 5.72 Å². The van der Waals surface area contributed by atoms with Crippen LogP contribution in [-0.4, -0.2) is 16.7 Å². The third-order valence-corrected chi connectivity index (χ3v) is 6.25. The first-order valence-electron chi connectivity index (χ1n) is 9.95. The van der Waals surface area contributed by atoms with Gasteiger partial charge in [0.05, 0.1) is 5.57 Å². The highest BCUT2D eigenvalue weighted by Gasteiger charge is 2.57. The molecule has 28 heavy (non-hydrogen) atoms. The Kier molecular flexibility index (Phi) is 4.00. The molecule has 2 aliphatic heterocycles. The maximum absolute atomic E-state index is 13.1. The highest BCUT2D eigenvalue weighted by molar-refractivity contribution is 5.98. The van der Waals surface area contributed by atoms with E-state index in [2.05, 4.69) is 5.32 Å². The summed E-state index contributed by atoms with van der Waals surface area (Å²) in [5.41, 5.74) is 1.77. The van der Waals surface area contributed by atoms with Gasteiger partial charge >= 0.3 is 0 Å². The molecule has 2 aromatic rings. The van der Waals surface area contributed by atoms with Crippen molar-refractivity contribution in [3.05, 3.63) is 83.1 Å². The number of rotatable bonds is 2. The topological polar surface area (TPSA) is 58.6 Å². The lowest BCUT2D eigenvalue weighted by Crippen LogP contribution is -2.66. The van der Waals surface area contributed by atoms with Gasteiger partial charge in [0.1, 0.15) is 11.5 Å². The number of nitrogens with one attached hydrogen (secondary N) is 1. The summed E-state index contributed by atoms with van der Waals surface area (Å²) in [6.45, 7) is 0. The van der Waals surface area contributed by atoms with Crippen LogP contribution < -0.4 is 10.1 Å². The van der Waals surface area contributed by atoms with Crippen molar-refractivity contribution in [3.8, 4) is 5.75 Å². The van der Waals surface area contributed by atoms with Crippen LogP contribution in [0.5, 0.6) is 5.75 Å². The maximum atomic E-state index is 13.1. The van der Waals surface area contributed by atoms with Gasteiger partial charge in [-0.15, -0.1) is 0 Å². The number of allylic oxidation sites excluding steroid dienone is 1. The van der Waals surface area contributed by atoms with Crippen molar-refractivity contribution >= 4 is 12.0 Å². The number of ether oxygens (including phenoxy) is 1. The van der Waals surface area contributed by atoms with Crippen molar-refractivity contribution in [1.82, 2.24) is 5.32 Å². The Balaban J connectivity index is 1.63.